The first-order valence-corrected chi connectivity index (χ1v) is 5.04. The zero-order valence-corrected chi connectivity index (χ0v) is 8.59. The molecule has 0 amide bonds. The van der Waals surface area contributed by atoms with Gasteiger partial charge in [0, 0.05) is 19.1 Å². The highest BCUT2D eigenvalue weighted by Crippen LogP contribution is 2.15. The Labute approximate surface area is 86.7 Å². The molecule has 1 fully saturated rings. The van der Waals surface area contributed by atoms with Gasteiger partial charge in [0.1, 0.15) is 6.61 Å². The van der Waals surface area contributed by atoms with E-state index in [4.69, 9.17) is 22.1 Å². The maximum absolute atomic E-state index is 9.02. The maximum atomic E-state index is 9.02. The van der Waals surface area contributed by atoms with Crippen LogP contribution in [0.15, 0.2) is 0 Å². The van der Waals surface area contributed by atoms with Crippen LogP contribution in [-0.4, -0.2) is 33.1 Å². The van der Waals surface area contributed by atoms with E-state index in [9.17, 15) is 0 Å². The predicted octanol–water partition coefficient (Wildman–Crippen LogP) is 0.469. The molecule has 2 heterocycles. The number of nitrogens with one attached hydrogen (secondary N) is 1. The van der Waals surface area contributed by atoms with Gasteiger partial charge in [-0.25, -0.2) is 0 Å². The lowest BCUT2D eigenvalue weighted by molar-refractivity contribution is 0.181. The number of aromatic nitrogens is 3. The van der Waals surface area contributed by atoms with Gasteiger partial charge < -0.3 is 14.4 Å². The second kappa shape index (κ2) is 4.20. The smallest absolute Gasteiger partial charge is 0.195 e. The molecule has 0 aromatic carbocycles. The molecule has 1 unspecified atom stereocenters. The zero-order valence-electron chi connectivity index (χ0n) is 7.77. The highest BCUT2D eigenvalue weighted by molar-refractivity contribution is 7.71. The van der Waals surface area contributed by atoms with Crippen molar-refractivity contribution in [2.24, 2.45) is 5.92 Å². The van der Waals surface area contributed by atoms with Crippen LogP contribution in [0, 0.1) is 10.7 Å². The molecule has 5 nitrogen and oxygen atoms in total. The lowest BCUT2D eigenvalue weighted by Gasteiger charge is -2.09. The number of hydrogen-bond acceptors (Lipinski definition) is 4. The summed E-state index contributed by atoms with van der Waals surface area (Å²) in [5.41, 5.74) is 0. The minimum absolute atomic E-state index is 0.0826. The number of aromatic amines is 1. The van der Waals surface area contributed by atoms with E-state index in [1.54, 1.807) is 0 Å². The van der Waals surface area contributed by atoms with Crippen LogP contribution in [-0.2, 0) is 17.9 Å². The number of aliphatic hydroxyl groups is 1. The van der Waals surface area contributed by atoms with Crippen LogP contribution in [0.1, 0.15) is 12.2 Å². The standard InChI is InChI=1S/C8H13N3O2S/c12-4-7-9-10-8(14)11(7)3-6-1-2-13-5-6/h6,12H,1-5H2,(H,10,14). The normalized spacial score (nSPS) is 21.6. The summed E-state index contributed by atoms with van der Waals surface area (Å²) in [4.78, 5) is 0. The minimum atomic E-state index is -0.0826. The first kappa shape index (κ1) is 9.82. The van der Waals surface area contributed by atoms with Gasteiger partial charge in [-0.2, -0.15) is 5.10 Å². The fraction of sp³-hybridized carbons (Fsp3) is 0.750. The lowest BCUT2D eigenvalue weighted by Crippen LogP contribution is -2.13. The van der Waals surface area contributed by atoms with Crippen molar-refractivity contribution < 1.29 is 9.84 Å². The summed E-state index contributed by atoms with van der Waals surface area (Å²) < 4.78 is 7.69. The molecular weight excluding hydrogens is 202 g/mol. The fourth-order valence-corrected chi connectivity index (χ4v) is 1.87. The van der Waals surface area contributed by atoms with Gasteiger partial charge in [-0.05, 0) is 18.6 Å². The van der Waals surface area contributed by atoms with Gasteiger partial charge in [-0.1, -0.05) is 0 Å². The van der Waals surface area contributed by atoms with Crippen LogP contribution in [0.2, 0.25) is 0 Å². The van der Waals surface area contributed by atoms with E-state index in [1.807, 2.05) is 4.57 Å². The maximum Gasteiger partial charge on any atom is 0.195 e. The largest absolute Gasteiger partial charge is 0.388 e. The summed E-state index contributed by atoms with van der Waals surface area (Å²) >= 11 is 5.07. The molecule has 1 aromatic rings. The number of aliphatic hydroxyl groups excluding tert-OH is 1. The SMILES string of the molecule is OCc1n[nH]c(=S)n1CC1CCOC1. The molecule has 2 N–H and O–H groups in total. The van der Waals surface area contributed by atoms with Crippen molar-refractivity contribution in [1.29, 1.82) is 0 Å². The molecule has 78 valence electrons. The monoisotopic (exact) mass is 215 g/mol. The van der Waals surface area contributed by atoms with Crippen LogP contribution in [0.4, 0.5) is 0 Å². The third kappa shape index (κ3) is 1.87. The van der Waals surface area contributed by atoms with E-state index >= 15 is 0 Å². The highest BCUT2D eigenvalue weighted by atomic mass is 32.1. The van der Waals surface area contributed by atoms with E-state index in [0.29, 0.717) is 16.5 Å². The minimum Gasteiger partial charge on any atom is -0.388 e. The molecule has 0 aliphatic carbocycles. The summed E-state index contributed by atoms with van der Waals surface area (Å²) in [6, 6.07) is 0. The quantitative estimate of drug-likeness (QED) is 0.719. The average molecular weight is 215 g/mol. The molecule has 6 heteroatoms. The molecule has 1 aromatic heterocycles. The van der Waals surface area contributed by atoms with Crippen molar-refractivity contribution in [3.8, 4) is 0 Å². The van der Waals surface area contributed by atoms with Gasteiger partial charge in [-0.15, -0.1) is 0 Å². The molecule has 14 heavy (non-hydrogen) atoms. The Kier molecular flexibility index (Phi) is 2.95. The van der Waals surface area contributed by atoms with Gasteiger partial charge in [0.2, 0.25) is 0 Å². The van der Waals surface area contributed by atoms with Crippen molar-refractivity contribution in [2.75, 3.05) is 13.2 Å². The first-order valence-electron chi connectivity index (χ1n) is 4.64. The van der Waals surface area contributed by atoms with Crippen LogP contribution >= 0.6 is 12.2 Å². The Morgan fingerprint density at radius 1 is 1.71 bits per heavy atom. The van der Waals surface area contributed by atoms with Crippen LogP contribution in [0.5, 0.6) is 0 Å². The molecule has 0 bridgehead atoms. The molecule has 0 radical (unpaired) electrons. The van der Waals surface area contributed by atoms with E-state index in [1.165, 1.54) is 0 Å². The fourth-order valence-electron chi connectivity index (χ4n) is 1.64. The van der Waals surface area contributed by atoms with E-state index in [-0.39, 0.29) is 6.61 Å². The molecule has 1 saturated heterocycles. The van der Waals surface area contributed by atoms with Crippen LogP contribution in [0.25, 0.3) is 0 Å². The third-order valence-corrected chi connectivity index (χ3v) is 2.76. The number of hydrogen-bond donors (Lipinski definition) is 2. The Bertz CT molecular complexity index is 354. The summed E-state index contributed by atoms with van der Waals surface area (Å²) in [5, 5.41) is 15.6. The second-order valence-electron chi connectivity index (χ2n) is 3.44. The van der Waals surface area contributed by atoms with Gasteiger partial charge in [0.25, 0.3) is 0 Å². The summed E-state index contributed by atoms with van der Waals surface area (Å²) in [6.07, 6.45) is 1.05. The van der Waals surface area contributed by atoms with E-state index in [0.717, 1.165) is 26.2 Å². The summed E-state index contributed by atoms with van der Waals surface area (Å²) in [6.45, 7) is 2.30. The summed E-state index contributed by atoms with van der Waals surface area (Å²) in [5.74, 6) is 1.09. The summed E-state index contributed by atoms with van der Waals surface area (Å²) in [7, 11) is 0. The van der Waals surface area contributed by atoms with E-state index in [2.05, 4.69) is 10.2 Å². The number of ether oxygens (including phenoxy) is 1. The predicted molar refractivity (Wildman–Crippen MR) is 52.3 cm³/mol. The van der Waals surface area contributed by atoms with Crippen LogP contribution < -0.4 is 0 Å². The van der Waals surface area contributed by atoms with Gasteiger partial charge in [0.15, 0.2) is 10.6 Å². The van der Waals surface area contributed by atoms with Crippen molar-refractivity contribution in [3.63, 3.8) is 0 Å². The van der Waals surface area contributed by atoms with Crippen molar-refractivity contribution in [1.82, 2.24) is 14.8 Å². The molecule has 0 spiro atoms. The Morgan fingerprint density at radius 3 is 3.21 bits per heavy atom. The number of nitrogens with zero attached hydrogens (tertiary/aromatic N) is 2. The Balaban J connectivity index is 2.13. The van der Waals surface area contributed by atoms with Crippen LogP contribution in [0.3, 0.4) is 0 Å². The Morgan fingerprint density at radius 2 is 2.57 bits per heavy atom. The number of rotatable bonds is 3. The topological polar surface area (TPSA) is 63.1 Å². The van der Waals surface area contributed by atoms with Gasteiger partial charge >= 0.3 is 0 Å². The van der Waals surface area contributed by atoms with Crippen molar-refractivity contribution >= 4 is 12.2 Å². The molecule has 1 aliphatic rings. The molecular formula is C8H13N3O2S. The zero-order chi connectivity index (χ0) is 9.97. The third-order valence-electron chi connectivity index (χ3n) is 2.44. The lowest BCUT2D eigenvalue weighted by atomic mass is 10.1. The van der Waals surface area contributed by atoms with Crippen molar-refractivity contribution in [2.45, 2.75) is 19.6 Å². The average Bonchev–Trinajstić information content (AvgIpc) is 2.79. The highest BCUT2D eigenvalue weighted by Gasteiger charge is 2.18. The van der Waals surface area contributed by atoms with Gasteiger partial charge in [0.05, 0.1) is 6.61 Å². The first-order chi connectivity index (χ1) is 6.81. The molecule has 1 atom stereocenters. The Hall–Kier alpha value is -0.720. The van der Waals surface area contributed by atoms with E-state index < -0.39 is 0 Å². The molecule has 1 aliphatic heterocycles. The molecule has 0 saturated carbocycles. The van der Waals surface area contributed by atoms with Gasteiger partial charge in [-0.3, -0.25) is 5.10 Å². The number of H-pyrrole nitrogens is 1. The molecule has 2 rings (SSSR count). The second-order valence-corrected chi connectivity index (χ2v) is 3.83. The van der Waals surface area contributed by atoms with Crippen molar-refractivity contribution in [3.05, 3.63) is 10.6 Å².